The van der Waals surface area contributed by atoms with Crippen LogP contribution < -0.4 is 11.1 Å². The van der Waals surface area contributed by atoms with Gasteiger partial charge in [0.2, 0.25) is 0 Å². The molecule has 0 bridgehead atoms. The lowest BCUT2D eigenvalue weighted by molar-refractivity contribution is -0.432. The van der Waals surface area contributed by atoms with Crippen molar-refractivity contribution in [2.45, 2.75) is 14.7 Å². The molecule has 0 unspecified atom stereocenters. The third kappa shape index (κ3) is 8.30. The highest BCUT2D eigenvalue weighted by Gasteiger charge is 2.21. The number of phenolic OH excluding ortho intramolecular Hbond substituents is 1. The number of amides is 1. The summed E-state index contributed by atoms with van der Waals surface area (Å²) in [6.07, 6.45) is 0. The lowest BCUT2D eigenvalue weighted by Crippen LogP contribution is -2.11. The first kappa shape index (κ1) is 36.9. The van der Waals surface area contributed by atoms with E-state index in [0.29, 0.717) is 34.4 Å². The molecular weight excluding hydrogens is 753 g/mol. The topological polar surface area (TPSA) is 272 Å². The Hall–Kier alpha value is -5.84. The van der Waals surface area contributed by atoms with Crippen molar-refractivity contribution in [3.63, 3.8) is 0 Å². The van der Waals surface area contributed by atoms with Gasteiger partial charge in [0.25, 0.3) is 26.1 Å². The number of nitrogen functional groups attached to an aromatic ring is 1. The molecule has 0 heterocycles. The summed E-state index contributed by atoms with van der Waals surface area (Å²) in [6.45, 7) is 0. The number of phenols is 1. The molecule has 20 heteroatoms. The van der Waals surface area contributed by atoms with Gasteiger partial charge in [0.1, 0.15) is 10.6 Å². The van der Waals surface area contributed by atoms with Crippen LogP contribution in [-0.4, -0.2) is 42.2 Å². The smallest absolute Gasteiger partial charge is 0.296 e. The van der Waals surface area contributed by atoms with Crippen molar-refractivity contribution < 1.29 is 50.5 Å². The van der Waals surface area contributed by atoms with Crippen molar-refractivity contribution in [1.29, 1.82) is 0 Å². The average Bonchev–Trinajstić information content (AvgIpc) is 3.13. The van der Waals surface area contributed by atoms with Gasteiger partial charge in [0.05, 0.1) is 44.6 Å². The molecule has 53 heavy (non-hydrogen) atoms. The van der Waals surface area contributed by atoms with Crippen molar-refractivity contribution in [2.24, 2.45) is 20.5 Å². The van der Waals surface area contributed by atoms with Crippen LogP contribution in [0.3, 0.4) is 0 Å². The lowest BCUT2D eigenvalue weighted by atomic mass is 10.1. The molecule has 7 N–H and O–H groups in total. The highest BCUT2D eigenvalue weighted by molar-refractivity contribution is 7.94. The zero-order valence-corrected chi connectivity index (χ0v) is 29.0. The van der Waals surface area contributed by atoms with E-state index >= 15 is 0 Å². The Labute approximate surface area is 304 Å². The van der Waals surface area contributed by atoms with Crippen molar-refractivity contribution in [2.75, 3.05) is 11.1 Å². The Morgan fingerprint density at radius 1 is 0.736 bits per heavy atom. The number of hydrogen-bond donors (Lipinski definition) is 6. The third-order valence-electron chi connectivity index (χ3n) is 7.55. The summed E-state index contributed by atoms with van der Waals surface area (Å²) in [7, 11) is -9.41. The number of aromatic hydroxyl groups is 1. The molecule has 1 amide bonds. The van der Waals surface area contributed by atoms with Crippen LogP contribution in [0.15, 0.2) is 138 Å². The van der Waals surface area contributed by atoms with Crippen LogP contribution in [0.25, 0.3) is 21.5 Å². The molecule has 270 valence electrons. The summed E-state index contributed by atoms with van der Waals surface area (Å²) < 4.78 is 71.5. The number of benzene rings is 6. The van der Waals surface area contributed by atoms with Gasteiger partial charge in [-0.1, -0.05) is 29.3 Å². The predicted molar refractivity (Wildman–Crippen MR) is 193 cm³/mol. The highest BCUT2D eigenvalue weighted by atomic mass is 32.2. The number of anilines is 2. The Morgan fingerprint density at radius 2 is 1.42 bits per heavy atom. The lowest BCUT2D eigenvalue weighted by Gasteiger charge is -2.11. The number of azo groups is 2. The second-order valence-corrected chi connectivity index (χ2v) is 14.5. The van der Waals surface area contributed by atoms with E-state index in [1.807, 2.05) is 0 Å². The van der Waals surface area contributed by atoms with Crippen LogP contribution in [0.4, 0.5) is 34.1 Å². The van der Waals surface area contributed by atoms with Crippen LogP contribution in [0.2, 0.25) is 0 Å². The van der Waals surface area contributed by atoms with Gasteiger partial charge in [-0.2, -0.15) is 21.9 Å². The second kappa shape index (κ2) is 15.0. The van der Waals surface area contributed by atoms with Gasteiger partial charge in [-0.3, -0.25) is 13.9 Å². The van der Waals surface area contributed by atoms with E-state index in [1.165, 1.54) is 24.3 Å². The van der Waals surface area contributed by atoms with E-state index in [-0.39, 0.29) is 49.7 Å². The number of nitrogens with two attached hydrogens (primary N) is 1. The first-order valence-corrected chi connectivity index (χ1v) is 18.4. The quantitative estimate of drug-likeness (QED) is 0.0181. The largest absolute Gasteiger partial charge is 0.505 e. The van der Waals surface area contributed by atoms with Crippen molar-refractivity contribution in [1.82, 2.24) is 0 Å². The fourth-order valence-electron chi connectivity index (χ4n) is 5.08. The minimum atomic E-state index is -4.74. The predicted octanol–water partition coefficient (Wildman–Crippen LogP) is 8.29. The Bertz CT molecular complexity index is 2680. The number of carbonyl (C=O) groups is 1. The summed E-state index contributed by atoms with van der Waals surface area (Å²) >= 11 is 0.358. The average molecular weight is 777 g/mol. The summed E-state index contributed by atoms with van der Waals surface area (Å²) in [5, 5.41) is 43.8. The van der Waals surface area contributed by atoms with Crippen LogP contribution in [0, 0.1) is 0 Å². The van der Waals surface area contributed by atoms with Crippen LogP contribution in [0.5, 0.6) is 5.75 Å². The van der Waals surface area contributed by atoms with Gasteiger partial charge in [0, 0.05) is 27.4 Å². The molecule has 6 rings (SSSR count). The molecular formula is C33H24N6O11S3. The monoisotopic (exact) mass is 776 g/mol. The first-order chi connectivity index (χ1) is 25.2. The standard InChI is InChI=1S/C33H24N6O11S3/c34-26-17-24-19(15-30(26)53(46,47)48)14-29(51-50-49-42)31(32(24)40)39-38-28-13-12-27(23-11-10-22(16-25(23)28)52(43,44)45)37-36-21-8-6-20(7-9-21)35-33(41)18-4-2-1-3-5-18/h1-17,40,42H,34H2,(H,35,41)(H,43,44,45)(H,46,47,48). The van der Waals surface area contributed by atoms with E-state index in [2.05, 4.69) is 35.1 Å². The van der Waals surface area contributed by atoms with Gasteiger partial charge in [0.15, 0.2) is 5.75 Å². The number of carbonyl (C=O) groups excluding carboxylic acids is 1. The molecule has 0 atom stereocenters. The Morgan fingerprint density at radius 3 is 2.08 bits per heavy atom. The first-order valence-electron chi connectivity index (χ1n) is 14.8. The fraction of sp³-hybridized carbons (Fsp3) is 0. The van der Waals surface area contributed by atoms with Gasteiger partial charge in [-0.15, -0.1) is 19.7 Å². The SMILES string of the molecule is Nc1cc2c(O)c(N=Nc3ccc(N=Nc4ccc(NC(=O)c5ccccc5)cc4)c4ccc(S(=O)(=O)O)cc34)c(SOOO)cc2cc1S(=O)(=O)O. The summed E-state index contributed by atoms with van der Waals surface area (Å²) in [4.78, 5) is 11.3. The summed E-state index contributed by atoms with van der Waals surface area (Å²) in [5.74, 6) is -0.854. The van der Waals surface area contributed by atoms with Gasteiger partial charge < -0.3 is 16.2 Å². The maximum absolute atomic E-state index is 12.5. The van der Waals surface area contributed by atoms with E-state index in [1.54, 1.807) is 54.6 Å². The molecule has 6 aromatic carbocycles. The molecule has 6 aromatic rings. The molecule has 0 saturated heterocycles. The molecule has 17 nitrogen and oxygen atoms in total. The van der Waals surface area contributed by atoms with Gasteiger partial charge >= 0.3 is 0 Å². The minimum Gasteiger partial charge on any atom is -0.505 e. The number of fused-ring (bicyclic) bond motifs is 2. The normalized spacial score (nSPS) is 12.3. The molecule has 0 aromatic heterocycles. The molecule has 0 spiro atoms. The van der Waals surface area contributed by atoms with Crippen molar-refractivity contribution in [3.8, 4) is 5.75 Å². The Balaban J connectivity index is 1.37. The summed E-state index contributed by atoms with van der Waals surface area (Å²) in [6, 6.07) is 25.2. The number of nitrogens with zero attached hydrogens (tertiary/aromatic N) is 4. The second-order valence-electron chi connectivity index (χ2n) is 10.9. The molecule has 0 aliphatic rings. The van der Waals surface area contributed by atoms with E-state index in [9.17, 15) is 35.8 Å². The van der Waals surface area contributed by atoms with Crippen molar-refractivity contribution >= 4 is 93.9 Å². The minimum absolute atomic E-state index is 0.000924. The molecule has 0 radical (unpaired) electrons. The maximum atomic E-state index is 12.5. The Kier molecular flexibility index (Phi) is 10.5. The molecule has 0 fully saturated rings. The van der Waals surface area contributed by atoms with E-state index in [4.69, 9.17) is 11.0 Å². The fourth-order valence-corrected chi connectivity index (χ4v) is 6.71. The van der Waals surface area contributed by atoms with Gasteiger partial charge in [-0.05, 0) is 84.2 Å². The number of nitrogens with one attached hydrogen (secondary N) is 1. The van der Waals surface area contributed by atoms with E-state index in [0.717, 1.165) is 24.3 Å². The zero-order valence-electron chi connectivity index (χ0n) is 26.6. The van der Waals surface area contributed by atoms with Crippen molar-refractivity contribution in [3.05, 3.63) is 109 Å². The van der Waals surface area contributed by atoms with Crippen LogP contribution >= 0.6 is 12.0 Å². The van der Waals surface area contributed by atoms with Crippen LogP contribution in [0.1, 0.15) is 10.4 Å². The summed E-state index contributed by atoms with van der Waals surface area (Å²) in [5.41, 5.74) is 6.91. The van der Waals surface area contributed by atoms with Gasteiger partial charge in [-0.25, -0.2) is 5.26 Å². The zero-order chi connectivity index (χ0) is 37.9. The van der Waals surface area contributed by atoms with E-state index < -0.39 is 35.8 Å². The highest BCUT2D eigenvalue weighted by Crippen LogP contribution is 2.46. The molecule has 0 aliphatic heterocycles. The number of rotatable bonds is 11. The molecule has 0 aliphatic carbocycles. The number of hydrogen-bond acceptors (Lipinski definition) is 15. The van der Waals surface area contributed by atoms with Crippen LogP contribution in [-0.2, 0) is 29.6 Å². The maximum Gasteiger partial charge on any atom is 0.296 e. The third-order valence-corrected chi connectivity index (χ3v) is 9.92. The molecule has 0 saturated carbocycles.